The van der Waals surface area contributed by atoms with E-state index in [1.54, 1.807) is 0 Å². The first kappa shape index (κ1) is 17.4. The molecule has 0 aromatic heterocycles. The fourth-order valence-electron chi connectivity index (χ4n) is 2.34. The Morgan fingerprint density at radius 1 is 1.43 bits per heavy atom. The minimum Gasteiger partial charge on any atom is -0.492 e. The first-order chi connectivity index (χ1) is 10.9. The number of alkyl halides is 3. The molecule has 8 heteroatoms. The Hall–Kier alpha value is -1.96. The zero-order valence-electron chi connectivity index (χ0n) is 12.5. The molecule has 1 aliphatic rings. The molecule has 1 aliphatic heterocycles. The van der Waals surface area contributed by atoms with Gasteiger partial charge in [0, 0.05) is 13.1 Å². The van der Waals surface area contributed by atoms with Crippen LogP contribution in [-0.2, 0) is 6.18 Å². The monoisotopic (exact) mass is 332 g/mol. The molecular formula is C15H19F3N2O3. The average Bonchev–Trinajstić information content (AvgIpc) is 2.51. The highest BCUT2D eigenvalue weighted by Gasteiger charge is 2.30. The molecule has 1 unspecified atom stereocenters. The van der Waals surface area contributed by atoms with Gasteiger partial charge in [0.1, 0.15) is 12.4 Å². The van der Waals surface area contributed by atoms with Gasteiger partial charge in [-0.15, -0.1) is 0 Å². The first-order valence-corrected chi connectivity index (χ1v) is 7.37. The van der Waals surface area contributed by atoms with Crippen LogP contribution in [0.3, 0.4) is 0 Å². The predicted molar refractivity (Wildman–Crippen MR) is 77.2 cm³/mol. The molecule has 0 bridgehead atoms. The van der Waals surface area contributed by atoms with Crippen LogP contribution in [0.1, 0.15) is 18.4 Å². The van der Waals surface area contributed by atoms with E-state index in [0.29, 0.717) is 19.5 Å². The van der Waals surface area contributed by atoms with Crippen LogP contribution in [0, 0.1) is 0 Å². The number of hydrogen-bond donors (Lipinski definition) is 2. The minimum absolute atomic E-state index is 0.0590. The number of ether oxygens (including phenoxy) is 1. The van der Waals surface area contributed by atoms with Crippen LogP contribution in [0.5, 0.6) is 5.75 Å². The van der Waals surface area contributed by atoms with E-state index >= 15 is 0 Å². The molecule has 5 nitrogen and oxygen atoms in total. The second kappa shape index (κ2) is 7.54. The van der Waals surface area contributed by atoms with E-state index in [9.17, 15) is 23.1 Å². The lowest BCUT2D eigenvalue weighted by Gasteiger charge is -2.30. The van der Waals surface area contributed by atoms with Gasteiger partial charge in [-0.3, -0.25) is 0 Å². The number of urea groups is 1. The molecule has 1 saturated heterocycles. The van der Waals surface area contributed by atoms with E-state index in [0.717, 1.165) is 18.6 Å². The number of amides is 2. The van der Waals surface area contributed by atoms with E-state index < -0.39 is 17.8 Å². The SMILES string of the molecule is O=C(NCCOc1cccc(C(F)(F)F)c1)N1CCCC(O)C1. The molecular weight excluding hydrogens is 313 g/mol. The number of hydrogen-bond acceptors (Lipinski definition) is 3. The summed E-state index contributed by atoms with van der Waals surface area (Å²) in [5, 5.41) is 12.1. The molecule has 1 aromatic carbocycles. The largest absolute Gasteiger partial charge is 0.492 e. The Labute approximate surface area is 132 Å². The lowest BCUT2D eigenvalue weighted by atomic mass is 10.1. The zero-order chi connectivity index (χ0) is 16.9. The van der Waals surface area contributed by atoms with Crippen LogP contribution in [0.15, 0.2) is 24.3 Å². The lowest BCUT2D eigenvalue weighted by Crippen LogP contribution is -2.47. The summed E-state index contributed by atoms with van der Waals surface area (Å²) in [5.74, 6) is 0.0995. The highest BCUT2D eigenvalue weighted by atomic mass is 19.4. The van der Waals surface area contributed by atoms with Gasteiger partial charge < -0.3 is 20.1 Å². The maximum Gasteiger partial charge on any atom is 0.416 e. The molecule has 1 heterocycles. The molecule has 0 saturated carbocycles. The van der Waals surface area contributed by atoms with Gasteiger partial charge >= 0.3 is 12.2 Å². The van der Waals surface area contributed by atoms with E-state index in [-0.39, 0.29) is 24.9 Å². The fraction of sp³-hybridized carbons (Fsp3) is 0.533. The number of halogens is 3. The van der Waals surface area contributed by atoms with Crippen LogP contribution in [0.25, 0.3) is 0 Å². The van der Waals surface area contributed by atoms with Crippen molar-refractivity contribution in [2.45, 2.75) is 25.1 Å². The van der Waals surface area contributed by atoms with E-state index in [1.165, 1.54) is 17.0 Å². The quantitative estimate of drug-likeness (QED) is 0.832. The Morgan fingerprint density at radius 2 is 2.22 bits per heavy atom. The predicted octanol–water partition coefficient (Wildman–Crippen LogP) is 2.25. The molecule has 1 fully saturated rings. The number of carbonyl (C=O) groups is 1. The number of aliphatic hydroxyl groups is 1. The van der Waals surface area contributed by atoms with Crippen molar-refractivity contribution >= 4 is 6.03 Å². The standard InChI is InChI=1S/C15H19F3N2O3/c16-15(17,18)11-3-1-5-13(9-11)23-8-6-19-14(22)20-7-2-4-12(21)10-20/h1,3,5,9,12,21H,2,4,6-8,10H2,(H,19,22). The van der Waals surface area contributed by atoms with Crippen molar-refractivity contribution in [1.29, 1.82) is 0 Å². The third-order valence-corrected chi connectivity index (χ3v) is 3.49. The van der Waals surface area contributed by atoms with Gasteiger partial charge in [-0.1, -0.05) is 6.07 Å². The fourth-order valence-corrected chi connectivity index (χ4v) is 2.34. The maximum atomic E-state index is 12.6. The van der Waals surface area contributed by atoms with Gasteiger partial charge in [0.15, 0.2) is 0 Å². The number of benzene rings is 1. The summed E-state index contributed by atoms with van der Waals surface area (Å²) in [6.45, 7) is 1.10. The Kier molecular flexibility index (Phi) is 5.70. The number of likely N-dealkylation sites (tertiary alicyclic amines) is 1. The smallest absolute Gasteiger partial charge is 0.416 e. The summed E-state index contributed by atoms with van der Waals surface area (Å²) in [5.41, 5.74) is -0.777. The summed E-state index contributed by atoms with van der Waals surface area (Å²) < 4.78 is 42.9. The van der Waals surface area contributed by atoms with Gasteiger partial charge in [-0.05, 0) is 31.0 Å². The van der Waals surface area contributed by atoms with Gasteiger partial charge in [-0.2, -0.15) is 13.2 Å². The topological polar surface area (TPSA) is 61.8 Å². The van der Waals surface area contributed by atoms with Crippen LogP contribution >= 0.6 is 0 Å². The second-order valence-corrected chi connectivity index (χ2v) is 5.35. The van der Waals surface area contributed by atoms with E-state index in [2.05, 4.69) is 5.32 Å². The molecule has 0 spiro atoms. The molecule has 0 aliphatic carbocycles. The summed E-state index contributed by atoms with van der Waals surface area (Å²) in [6.07, 6.45) is -3.49. The number of piperidine rings is 1. The number of carbonyl (C=O) groups excluding carboxylic acids is 1. The number of nitrogens with one attached hydrogen (secondary N) is 1. The Bertz CT molecular complexity index is 537. The number of rotatable bonds is 4. The van der Waals surface area contributed by atoms with Gasteiger partial charge in [0.05, 0.1) is 18.2 Å². The van der Waals surface area contributed by atoms with Crippen molar-refractivity contribution in [3.05, 3.63) is 29.8 Å². The molecule has 23 heavy (non-hydrogen) atoms. The number of β-amino-alcohol motifs (C(OH)–C–C–N with tert-alkyl or cyclic N) is 1. The third-order valence-electron chi connectivity index (χ3n) is 3.49. The zero-order valence-corrected chi connectivity index (χ0v) is 12.5. The van der Waals surface area contributed by atoms with E-state index in [1.807, 2.05) is 0 Å². The first-order valence-electron chi connectivity index (χ1n) is 7.37. The number of nitrogens with zero attached hydrogens (tertiary/aromatic N) is 1. The second-order valence-electron chi connectivity index (χ2n) is 5.35. The molecule has 1 atom stereocenters. The molecule has 2 N–H and O–H groups in total. The van der Waals surface area contributed by atoms with Crippen LogP contribution in [0.2, 0.25) is 0 Å². The van der Waals surface area contributed by atoms with Crippen molar-refractivity contribution in [1.82, 2.24) is 10.2 Å². The maximum absolute atomic E-state index is 12.6. The normalized spacial score (nSPS) is 18.6. The minimum atomic E-state index is -4.41. The van der Waals surface area contributed by atoms with E-state index in [4.69, 9.17) is 4.74 Å². The average molecular weight is 332 g/mol. The van der Waals surface area contributed by atoms with Crippen molar-refractivity contribution in [2.24, 2.45) is 0 Å². The molecule has 1 aromatic rings. The lowest BCUT2D eigenvalue weighted by molar-refractivity contribution is -0.137. The van der Waals surface area contributed by atoms with Crippen LogP contribution in [0.4, 0.5) is 18.0 Å². The molecule has 2 amide bonds. The summed E-state index contributed by atoms with van der Waals surface area (Å²) >= 11 is 0. The van der Waals surface area contributed by atoms with Gasteiger partial charge in [-0.25, -0.2) is 4.79 Å². The summed E-state index contributed by atoms with van der Waals surface area (Å²) in [7, 11) is 0. The summed E-state index contributed by atoms with van der Waals surface area (Å²) in [6, 6.07) is 4.28. The Balaban J connectivity index is 1.74. The van der Waals surface area contributed by atoms with Crippen molar-refractivity contribution in [3.8, 4) is 5.75 Å². The van der Waals surface area contributed by atoms with Gasteiger partial charge in [0.2, 0.25) is 0 Å². The third kappa shape index (κ3) is 5.31. The molecule has 0 radical (unpaired) electrons. The molecule has 128 valence electrons. The van der Waals surface area contributed by atoms with Crippen molar-refractivity contribution < 1.29 is 27.8 Å². The summed E-state index contributed by atoms with van der Waals surface area (Å²) in [4.78, 5) is 13.4. The Morgan fingerprint density at radius 3 is 2.91 bits per heavy atom. The number of aliphatic hydroxyl groups excluding tert-OH is 1. The highest BCUT2D eigenvalue weighted by Crippen LogP contribution is 2.31. The highest BCUT2D eigenvalue weighted by molar-refractivity contribution is 5.74. The van der Waals surface area contributed by atoms with Crippen molar-refractivity contribution in [2.75, 3.05) is 26.2 Å². The van der Waals surface area contributed by atoms with Crippen molar-refractivity contribution in [3.63, 3.8) is 0 Å². The molecule has 2 rings (SSSR count). The van der Waals surface area contributed by atoms with Crippen LogP contribution < -0.4 is 10.1 Å². The van der Waals surface area contributed by atoms with Crippen LogP contribution in [-0.4, -0.2) is 48.4 Å². The van der Waals surface area contributed by atoms with Gasteiger partial charge in [0.25, 0.3) is 0 Å².